The molecule has 6 heteroatoms. The first kappa shape index (κ1) is 10.1. The lowest BCUT2D eigenvalue weighted by Crippen LogP contribution is -2.04. The van der Waals surface area contributed by atoms with Crippen LogP contribution in [0.3, 0.4) is 0 Å². The van der Waals surface area contributed by atoms with Crippen molar-refractivity contribution in [1.82, 2.24) is 19.6 Å². The van der Waals surface area contributed by atoms with Crippen molar-refractivity contribution in [1.29, 1.82) is 0 Å². The predicted octanol–water partition coefficient (Wildman–Crippen LogP) is 1.63. The van der Waals surface area contributed by atoms with Crippen LogP contribution in [0.2, 0.25) is 0 Å². The van der Waals surface area contributed by atoms with E-state index in [1.807, 2.05) is 11.4 Å². The first-order chi connectivity index (χ1) is 7.13. The molecule has 0 saturated carbocycles. The van der Waals surface area contributed by atoms with Gasteiger partial charge in [0.05, 0.1) is 5.69 Å². The number of imidazole rings is 1. The monoisotopic (exact) mass is 223 g/mol. The summed E-state index contributed by atoms with van der Waals surface area (Å²) in [6.07, 6.45) is 1.92. The van der Waals surface area contributed by atoms with Crippen molar-refractivity contribution < 1.29 is 0 Å². The van der Waals surface area contributed by atoms with Crippen molar-refractivity contribution in [2.24, 2.45) is 0 Å². The van der Waals surface area contributed by atoms with Crippen molar-refractivity contribution in [2.75, 3.05) is 5.73 Å². The predicted molar refractivity (Wildman–Crippen MR) is 61.3 cm³/mol. The zero-order valence-corrected chi connectivity index (χ0v) is 9.56. The molecule has 0 aromatic carbocycles. The highest BCUT2D eigenvalue weighted by Gasteiger charge is 2.09. The van der Waals surface area contributed by atoms with E-state index in [0.29, 0.717) is 10.6 Å². The second kappa shape index (κ2) is 3.62. The molecule has 2 aromatic heterocycles. The third-order valence-corrected chi connectivity index (χ3v) is 2.53. The SMILES string of the molecule is CCCc1nc(C)c2c(=S)nc(N)[nH]n12. The summed E-state index contributed by atoms with van der Waals surface area (Å²) in [7, 11) is 0. The highest BCUT2D eigenvalue weighted by molar-refractivity contribution is 7.71. The summed E-state index contributed by atoms with van der Waals surface area (Å²) in [6, 6.07) is 0. The van der Waals surface area contributed by atoms with Gasteiger partial charge in [0.1, 0.15) is 11.3 Å². The van der Waals surface area contributed by atoms with Crippen LogP contribution >= 0.6 is 12.2 Å². The number of hydrogen-bond acceptors (Lipinski definition) is 4. The minimum Gasteiger partial charge on any atom is -0.368 e. The van der Waals surface area contributed by atoms with Gasteiger partial charge in [-0.05, 0) is 13.3 Å². The minimum absolute atomic E-state index is 0.322. The molecule has 0 atom stereocenters. The molecule has 15 heavy (non-hydrogen) atoms. The molecule has 0 aliphatic heterocycles. The molecule has 0 bridgehead atoms. The molecule has 5 nitrogen and oxygen atoms in total. The van der Waals surface area contributed by atoms with Crippen molar-refractivity contribution >= 4 is 23.7 Å². The van der Waals surface area contributed by atoms with E-state index in [9.17, 15) is 0 Å². The second-order valence-electron chi connectivity index (χ2n) is 3.46. The molecule has 3 N–H and O–H groups in total. The average molecular weight is 223 g/mol. The van der Waals surface area contributed by atoms with Gasteiger partial charge >= 0.3 is 0 Å². The summed E-state index contributed by atoms with van der Waals surface area (Å²) in [5.74, 6) is 1.27. The number of aromatic nitrogens is 4. The number of H-pyrrole nitrogens is 1. The lowest BCUT2D eigenvalue weighted by Gasteiger charge is -2.01. The lowest BCUT2D eigenvalue weighted by molar-refractivity contribution is 0.769. The standard InChI is InChI=1S/C9H13N5S/c1-3-4-6-11-5(2)7-8(15)12-9(10)13-14(6)7/h3-4H2,1-2H3,(H3,10,12,13,15). The fraction of sp³-hybridized carbons (Fsp3) is 0.444. The quantitative estimate of drug-likeness (QED) is 0.759. The Morgan fingerprint density at radius 2 is 2.20 bits per heavy atom. The van der Waals surface area contributed by atoms with Crippen LogP contribution in [0.5, 0.6) is 0 Å². The molecule has 0 amide bonds. The zero-order valence-electron chi connectivity index (χ0n) is 8.74. The topological polar surface area (TPSA) is 72.0 Å². The Labute approximate surface area is 92.3 Å². The molecule has 0 spiro atoms. The molecule has 2 rings (SSSR count). The van der Waals surface area contributed by atoms with Crippen molar-refractivity contribution in [3.8, 4) is 0 Å². The van der Waals surface area contributed by atoms with Crippen molar-refractivity contribution in [2.45, 2.75) is 26.7 Å². The van der Waals surface area contributed by atoms with Gasteiger partial charge in [0, 0.05) is 6.42 Å². The van der Waals surface area contributed by atoms with Crippen LogP contribution in [0.15, 0.2) is 0 Å². The lowest BCUT2D eigenvalue weighted by atomic mass is 10.3. The molecule has 0 saturated heterocycles. The smallest absolute Gasteiger partial charge is 0.214 e. The summed E-state index contributed by atoms with van der Waals surface area (Å²) in [5, 5.41) is 2.96. The Bertz CT molecular complexity index is 553. The zero-order chi connectivity index (χ0) is 11.0. The fourth-order valence-corrected chi connectivity index (χ4v) is 1.99. The molecule has 80 valence electrons. The third-order valence-electron chi connectivity index (χ3n) is 2.25. The van der Waals surface area contributed by atoms with E-state index in [1.54, 1.807) is 0 Å². The van der Waals surface area contributed by atoms with E-state index >= 15 is 0 Å². The van der Waals surface area contributed by atoms with Crippen LogP contribution in [-0.4, -0.2) is 19.6 Å². The van der Waals surface area contributed by atoms with Gasteiger partial charge in [-0.3, -0.25) is 5.10 Å². The maximum atomic E-state index is 5.62. The Kier molecular flexibility index (Phi) is 2.44. The highest BCUT2D eigenvalue weighted by Crippen LogP contribution is 2.13. The van der Waals surface area contributed by atoms with Crippen LogP contribution in [0.25, 0.3) is 5.52 Å². The number of rotatable bonds is 2. The van der Waals surface area contributed by atoms with Gasteiger partial charge < -0.3 is 5.73 Å². The van der Waals surface area contributed by atoms with Gasteiger partial charge in [-0.1, -0.05) is 19.1 Å². The molecule has 2 heterocycles. The summed E-state index contributed by atoms with van der Waals surface area (Å²) < 4.78 is 2.34. The first-order valence-electron chi connectivity index (χ1n) is 4.87. The summed E-state index contributed by atoms with van der Waals surface area (Å²) in [5.41, 5.74) is 7.36. The molecule has 0 aliphatic rings. The number of fused-ring (bicyclic) bond motifs is 1. The molecular formula is C9H13N5S. The van der Waals surface area contributed by atoms with Gasteiger partial charge in [-0.2, -0.15) is 0 Å². The number of nitrogens with one attached hydrogen (secondary N) is 1. The van der Waals surface area contributed by atoms with Crippen LogP contribution in [0, 0.1) is 11.6 Å². The number of anilines is 1. The van der Waals surface area contributed by atoms with Crippen molar-refractivity contribution in [3.63, 3.8) is 0 Å². The summed E-state index contributed by atoms with van der Waals surface area (Å²) in [4.78, 5) is 8.46. The summed E-state index contributed by atoms with van der Waals surface area (Å²) in [6.45, 7) is 4.03. The number of nitrogen functional groups attached to an aromatic ring is 1. The van der Waals surface area contributed by atoms with Gasteiger partial charge in [-0.15, -0.1) is 0 Å². The number of nitrogens with zero attached hydrogens (tertiary/aromatic N) is 3. The third kappa shape index (κ3) is 1.61. The van der Waals surface area contributed by atoms with Gasteiger partial charge in [-0.25, -0.2) is 14.5 Å². The molecule has 0 aliphatic carbocycles. The van der Waals surface area contributed by atoms with Crippen molar-refractivity contribution in [3.05, 3.63) is 16.2 Å². The van der Waals surface area contributed by atoms with E-state index in [4.69, 9.17) is 18.0 Å². The second-order valence-corrected chi connectivity index (χ2v) is 3.85. The van der Waals surface area contributed by atoms with E-state index in [2.05, 4.69) is 22.0 Å². The van der Waals surface area contributed by atoms with Gasteiger partial charge in [0.2, 0.25) is 5.95 Å². The van der Waals surface area contributed by atoms with E-state index < -0.39 is 0 Å². The highest BCUT2D eigenvalue weighted by atomic mass is 32.1. The maximum Gasteiger partial charge on any atom is 0.214 e. The average Bonchev–Trinajstić information content (AvgIpc) is 2.43. The molecule has 2 aromatic rings. The minimum atomic E-state index is 0.322. The Hall–Kier alpha value is -1.43. The van der Waals surface area contributed by atoms with Gasteiger partial charge in [0.25, 0.3) is 0 Å². The Morgan fingerprint density at radius 3 is 2.87 bits per heavy atom. The van der Waals surface area contributed by atoms with E-state index in [1.165, 1.54) is 0 Å². The molecule has 0 fully saturated rings. The molecule has 0 unspecified atom stereocenters. The number of nitrogens with two attached hydrogens (primary N) is 1. The van der Waals surface area contributed by atoms with Crippen LogP contribution < -0.4 is 5.73 Å². The Morgan fingerprint density at radius 1 is 1.47 bits per heavy atom. The first-order valence-corrected chi connectivity index (χ1v) is 5.28. The van der Waals surface area contributed by atoms with Crippen LogP contribution in [0.1, 0.15) is 24.9 Å². The Balaban J connectivity index is 2.81. The number of hydrogen-bond donors (Lipinski definition) is 2. The molecule has 0 radical (unpaired) electrons. The molecular weight excluding hydrogens is 210 g/mol. The number of aromatic amines is 1. The van der Waals surface area contributed by atoms with E-state index in [0.717, 1.165) is 29.9 Å². The number of aryl methyl sites for hydroxylation is 2. The fourth-order valence-electron chi connectivity index (χ4n) is 1.65. The normalized spacial score (nSPS) is 11.1. The largest absolute Gasteiger partial charge is 0.368 e. The van der Waals surface area contributed by atoms with E-state index in [-0.39, 0.29) is 0 Å². The van der Waals surface area contributed by atoms with Crippen LogP contribution in [0.4, 0.5) is 5.95 Å². The van der Waals surface area contributed by atoms with Gasteiger partial charge in [0.15, 0.2) is 4.64 Å². The maximum absolute atomic E-state index is 5.62. The summed E-state index contributed by atoms with van der Waals surface area (Å²) >= 11 is 5.15. The van der Waals surface area contributed by atoms with Crippen LogP contribution in [-0.2, 0) is 6.42 Å².